The fourth-order valence-electron chi connectivity index (χ4n) is 3.15. The number of carbonyl (C=O) groups excluding carboxylic acids is 2. The van der Waals surface area contributed by atoms with E-state index < -0.39 is 6.04 Å². The normalized spacial score (nSPS) is 16.3. The van der Waals surface area contributed by atoms with E-state index in [0.29, 0.717) is 36.8 Å². The number of carbonyl (C=O) groups is 2. The van der Waals surface area contributed by atoms with Crippen LogP contribution in [0.5, 0.6) is 0 Å². The molecule has 1 aromatic heterocycles. The molecular formula is C18H21ClN4O3. The van der Waals surface area contributed by atoms with Crippen molar-refractivity contribution >= 4 is 23.5 Å². The molecular weight excluding hydrogens is 356 g/mol. The Bertz CT molecular complexity index is 782. The Kier molecular flexibility index (Phi) is 5.58. The Morgan fingerprint density at radius 3 is 2.35 bits per heavy atom. The monoisotopic (exact) mass is 376 g/mol. The second-order valence-electron chi connectivity index (χ2n) is 6.21. The number of methoxy groups -OCH3 is 1. The van der Waals surface area contributed by atoms with E-state index in [0.717, 1.165) is 5.56 Å². The van der Waals surface area contributed by atoms with E-state index >= 15 is 0 Å². The van der Waals surface area contributed by atoms with Crippen LogP contribution in [-0.2, 0) is 16.6 Å². The van der Waals surface area contributed by atoms with Crippen LogP contribution < -0.4 is 0 Å². The van der Waals surface area contributed by atoms with Gasteiger partial charge in [0.25, 0.3) is 5.91 Å². The lowest BCUT2D eigenvalue weighted by molar-refractivity contribution is -0.148. The lowest BCUT2D eigenvalue weighted by atomic mass is 10.0. The maximum absolute atomic E-state index is 12.5. The number of hydrogen-bond acceptors (Lipinski definition) is 5. The molecule has 0 saturated carbocycles. The summed E-state index contributed by atoms with van der Waals surface area (Å²) in [6.07, 6.45) is 3.28. The fraction of sp³-hybridized carbons (Fsp3) is 0.389. The maximum Gasteiger partial charge on any atom is 0.327 e. The molecule has 1 aliphatic rings. The number of aromatic nitrogens is 2. The summed E-state index contributed by atoms with van der Waals surface area (Å²) in [5.74, 6) is -0.363. The summed E-state index contributed by atoms with van der Waals surface area (Å²) < 4.78 is 6.60. The van der Waals surface area contributed by atoms with Gasteiger partial charge in [0.15, 0.2) is 0 Å². The summed E-state index contributed by atoms with van der Waals surface area (Å²) in [7, 11) is 3.16. The minimum Gasteiger partial charge on any atom is -0.468 e. The van der Waals surface area contributed by atoms with Crippen LogP contribution in [0.15, 0.2) is 36.7 Å². The number of halogens is 1. The zero-order valence-electron chi connectivity index (χ0n) is 14.8. The number of ether oxygens (including phenoxy) is 1. The van der Waals surface area contributed by atoms with E-state index in [2.05, 4.69) is 5.10 Å². The van der Waals surface area contributed by atoms with Crippen molar-refractivity contribution in [1.29, 1.82) is 0 Å². The number of aryl methyl sites for hydroxylation is 1. The molecule has 1 saturated heterocycles. The van der Waals surface area contributed by atoms with Crippen molar-refractivity contribution < 1.29 is 14.3 Å². The molecule has 0 aliphatic carbocycles. The van der Waals surface area contributed by atoms with Gasteiger partial charge in [-0.15, -0.1) is 0 Å². The highest BCUT2D eigenvalue weighted by molar-refractivity contribution is 6.30. The van der Waals surface area contributed by atoms with Crippen molar-refractivity contribution in [2.75, 3.05) is 33.3 Å². The number of benzene rings is 1. The minimum atomic E-state index is -0.507. The van der Waals surface area contributed by atoms with Crippen LogP contribution in [0.3, 0.4) is 0 Å². The molecule has 2 heterocycles. The predicted molar refractivity (Wildman–Crippen MR) is 96.9 cm³/mol. The maximum atomic E-state index is 12.5. The molecule has 3 rings (SSSR count). The molecule has 1 fully saturated rings. The average molecular weight is 377 g/mol. The van der Waals surface area contributed by atoms with E-state index in [4.69, 9.17) is 16.3 Å². The van der Waals surface area contributed by atoms with Crippen molar-refractivity contribution in [3.05, 3.63) is 52.8 Å². The summed E-state index contributed by atoms with van der Waals surface area (Å²) in [6.45, 7) is 2.23. The molecule has 0 spiro atoms. The highest BCUT2D eigenvalue weighted by atomic mass is 35.5. The van der Waals surface area contributed by atoms with Gasteiger partial charge in [-0.2, -0.15) is 5.10 Å². The topological polar surface area (TPSA) is 67.7 Å². The third kappa shape index (κ3) is 3.89. The molecule has 8 heteroatoms. The van der Waals surface area contributed by atoms with Crippen LogP contribution in [0.1, 0.15) is 22.0 Å². The van der Waals surface area contributed by atoms with Crippen molar-refractivity contribution in [3.63, 3.8) is 0 Å². The number of hydrogen-bond donors (Lipinski definition) is 0. The summed E-state index contributed by atoms with van der Waals surface area (Å²) in [5.41, 5.74) is 1.40. The summed E-state index contributed by atoms with van der Waals surface area (Å²) in [6, 6.07) is 6.67. The highest BCUT2D eigenvalue weighted by Gasteiger charge is 2.32. The third-order valence-electron chi connectivity index (χ3n) is 4.53. The Morgan fingerprint density at radius 2 is 1.81 bits per heavy atom. The average Bonchev–Trinajstić information content (AvgIpc) is 3.09. The van der Waals surface area contributed by atoms with E-state index in [1.165, 1.54) is 7.11 Å². The summed E-state index contributed by atoms with van der Waals surface area (Å²) in [5, 5.41) is 4.66. The molecule has 26 heavy (non-hydrogen) atoms. The van der Waals surface area contributed by atoms with Gasteiger partial charge in [-0.1, -0.05) is 23.7 Å². The molecule has 1 aromatic carbocycles. The van der Waals surface area contributed by atoms with Crippen LogP contribution >= 0.6 is 11.6 Å². The van der Waals surface area contributed by atoms with Crippen LogP contribution in [0, 0.1) is 0 Å². The van der Waals surface area contributed by atoms with Gasteiger partial charge >= 0.3 is 5.97 Å². The Hall–Kier alpha value is -2.38. The van der Waals surface area contributed by atoms with Crippen molar-refractivity contribution in [3.8, 4) is 0 Å². The van der Waals surface area contributed by atoms with Crippen LogP contribution in [0.25, 0.3) is 0 Å². The largest absolute Gasteiger partial charge is 0.468 e. The first-order valence-corrected chi connectivity index (χ1v) is 8.72. The van der Waals surface area contributed by atoms with E-state index in [1.54, 1.807) is 41.2 Å². The molecule has 0 radical (unpaired) electrons. The molecule has 1 unspecified atom stereocenters. The zero-order valence-corrected chi connectivity index (χ0v) is 15.5. The van der Waals surface area contributed by atoms with Gasteiger partial charge in [0.05, 0.1) is 18.9 Å². The van der Waals surface area contributed by atoms with Gasteiger partial charge < -0.3 is 9.64 Å². The van der Waals surface area contributed by atoms with E-state index in [-0.39, 0.29) is 11.9 Å². The number of piperazine rings is 1. The van der Waals surface area contributed by atoms with Crippen molar-refractivity contribution in [2.45, 2.75) is 6.04 Å². The van der Waals surface area contributed by atoms with Crippen LogP contribution in [-0.4, -0.2) is 64.7 Å². The molecule has 1 atom stereocenters. The molecule has 7 nitrogen and oxygen atoms in total. The first kappa shape index (κ1) is 18.4. The number of amides is 1. The van der Waals surface area contributed by atoms with E-state index in [9.17, 15) is 9.59 Å². The number of nitrogens with zero attached hydrogens (tertiary/aromatic N) is 4. The second-order valence-corrected chi connectivity index (χ2v) is 6.64. The van der Waals surface area contributed by atoms with Crippen LogP contribution in [0.4, 0.5) is 0 Å². The standard InChI is InChI=1S/C18H21ClN4O3/c1-21-12-14(11-20-21)17(24)23-9-7-22(8-10-23)16(18(25)26-2)13-3-5-15(19)6-4-13/h3-6,11-12,16H,7-10H2,1-2H3. The molecule has 138 valence electrons. The van der Waals surface area contributed by atoms with Gasteiger partial charge in [-0.3, -0.25) is 14.4 Å². The second kappa shape index (κ2) is 7.88. The third-order valence-corrected chi connectivity index (χ3v) is 4.78. The van der Waals surface area contributed by atoms with E-state index in [1.807, 2.05) is 17.0 Å². The highest BCUT2D eigenvalue weighted by Crippen LogP contribution is 2.25. The smallest absolute Gasteiger partial charge is 0.327 e. The number of rotatable bonds is 4. The minimum absolute atomic E-state index is 0.0427. The molecule has 0 bridgehead atoms. The fourth-order valence-corrected chi connectivity index (χ4v) is 3.28. The number of esters is 1. The predicted octanol–water partition coefficient (Wildman–Crippen LogP) is 1.75. The van der Waals surface area contributed by atoms with Gasteiger partial charge in [-0.05, 0) is 17.7 Å². The van der Waals surface area contributed by atoms with Crippen molar-refractivity contribution in [1.82, 2.24) is 19.6 Å². The van der Waals surface area contributed by atoms with Gasteiger partial charge in [-0.25, -0.2) is 4.79 Å². The molecule has 0 N–H and O–H groups in total. The first-order valence-electron chi connectivity index (χ1n) is 8.35. The Labute approximate surface area is 157 Å². The summed E-state index contributed by atoms with van der Waals surface area (Å²) >= 11 is 5.95. The first-order chi connectivity index (χ1) is 12.5. The lowest BCUT2D eigenvalue weighted by Crippen LogP contribution is -2.51. The molecule has 1 aliphatic heterocycles. The quantitative estimate of drug-likeness (QED) is 0.760. The SMILES string of the molecule is COC(=O)C(c1ccc(Cl)cc1)N1CCN(C(=O)c2cnn(C)c2)CC1. The Morgan fingerprint density at radius 1 is 1.15 bits per heavy atom. The van der Waals surface area contributed by atoms with Gasteiger partial charge in [0.2, 0.25) is 0 Å². The van der Waals surface area contributed by atoms with Gasteiger partial charge in [0.1, 0.15) is 6.04 Å². The molecule has 2 aromatic rings. The summed E-state index contributed by atoms with van der Waals surface area (Å²) in [4.78, 5) is 28.7. The van der Waals surface area contributed by atoms with Crippen molar-refractivity contribution in [2.24, 2.45) is 7.05 Å². The molecule has 1 amide bonds. The van der Waals surface area contributed by atoms with Crippen LogP contribution in [0.2, 0.25) is 5.02 Å². The zero-order chi connectivity index (χ0) is 18.7. The van der Waals surface area contributed by atoms with Gasteiger partial charge in [0, 0.05) is 44.4 Å². The lowest BCUT2D eigenvalue weighted by Gasteiger charge is -2.38. The Balaban J connectivity index is 1.70.